The van der Waals surface area contributed by atoms with Crippen molar-refractivity contribution in [3.8, 4) is 6.07 Å². The number of halogens is 3. The number of rotatable bonds is 7. The maximum atomic E-state index is 12.8. The summed E-state index contributed by atoms with van der Waals surface area (Å²) in [6, 6.07) is 13.1. The number of nitrogens with zero attached hydrogens (tertiary/aromatic N) is 4. The Hall–Kier alpha value is -3.74. The molecule has 154 valence electrons. The molecule has 0 fully saturated rings. The van der Waals surface area contributed by atoms with Gasteiger partial charge in [-0.15, -0.1) is 10.2 Å². The maximum Gasteiger partial charge on any atom is 0.416 e. The number of tetrazole rings is 1. The smallest absolute Gasteiger partial charge is 0.352 e. The van der Waals surface area contributed by atoms with Gasteiger partial charge in [-0.25, -0.2) is 0 Å². The predicted molar refractivity (Wildman–Crippen MR) is 99.8 cm³/mol. The fourth-order valence-electron chi connectivity index (χ4n) is 2.99. The Kier molecular flexibility index (Phi) is 6.41. The van der Waals surface area contributed by atoms with Crippen LogP contribution < -0.4 is 5.32 Å². The molecular weight excluding hydrogens is 397 g/mol. The molecule has 1 atom stereocenters. The van der Waals surface area contributed by atoms with Crippen LogP contribution in [0, 0.1) is 11.3 Å². The van der Waals surface area contributed by atoms with Crippen molar-refractivity contribution in [1.82, 2.24) is 25.9 Å². The zero-order valence-electron chi connectivity index (χ0n) is 15.6. The fraction of sp³-hybridized carbons (Fsp3) is 0.250. The molecule has 0 bridgehead atoms. The lowest BCUT2D eigenvalue weighted by molar-refractivity contribution is -0.137. The van der Waals surface area contributed by atoms with Crippen molar-refractivity contribution in [2.75, 3.05) is 0 Å². The Balaban J connectivity index is 1.70. The molecule has 3 aromatic rings. The molecule has 1 aromatic heterocycles. The molecule has 2 N–H and O–H groups in total. The van der Waals surface area contributed by atoms with Gasteiger partial charge in [0.1, 0.15) is 0 Å². The molecule has 7 nitrogen and oxygen atoms in total. The summed E-state index contributed by atoms with van der Waals surface area (Å²) in [6.45, 7) is 0. The van der Waals surface area contributed by atoms with Crippen LogP contribution in [-0.2, 0) is 30.2 Å². The SMILES string of the molecule is N#Cc1cccc(CC(=O)N[C@@H](Cc2ccc(C(F)(F)F)cc2)Cc2nn[nH]n2)c1. The van der Waals surface area contributed by atoms with Crippen molar-refractivity contribution in [2.45, 2.75) is 31.5 Å². The molecule has 0 unspecified atom stereocenters. The number of aromatic nitrogens is 4. The van der Waals surface area contributed by atoms with Crippen molar-refractivity contribution in [1.29, 1.82) is 5.26 Å². The predicted octanol–water partition coefficient (Wildman–Crippen LogP) is 2.60. The van der Waals surface area contributed by atoms with Gasteiger partial charge in [-0.1, -0.05) is 29.5 Å². The van der Waals surface area contributed by atoms with E-state index in [9.17, 15) is 18.0 Å². The zero-order valence-corrected chi connectivity index (χ0v) is 15.6. The van der Waals surface area contributed by atoms with Crippen molar-refractivity contribution >= 4 is 5.91 Å². The first kappa shape index (κ1) is 21.0. The van der Waals surface area contributed by atoms with Crippen LogP contribution in [0.5, 0.6) is 0 Å². The van der Waals surface area contributed by atoms with E-state index in [4.69, 9.17) is 5.26 Å². The summed E-state index contributed by atoms with van der Waals surface area (Å²) >= 11 is 0. The summed E-state index contributed by atoms with van der Waals surface area (Å²) in [5.41, 5.74) is 1.03. The molecule has 0 aliphatic rings. The molecule has 30 heavy (non-hydrogen) atoms. The van der Waals surface area contributed by atoms with Crippen LogP contribution in [0.1, 0.15) is 28.1 Å². The summed E-state index contributed by atoms with van der Waals surface area (Å²) in [5, 5.41) is 25.4. The number of nitriles is 1. The molecule has 2 aromatic carbocycles. The van der Waals surface area contributed by atoms with Crippen LogP contribution >= 0.6 is 0 Å². The highest BCUT2D eigenvalue weighted by Crippen LogP contribution is 2.29. The molecule has 0 saturated heterocycles. The van der Waals surface area contributed by atoms with Crippen LogP contribution in [0.4, 0.5) is 13.2 Å². The van der Waals surface area contributed by atoms with E-state index in [0.717, 1.165) is 12.1 Å². The van der Waals surface area contributed by atoms with E-state index in [-0.39, 0.29) is 25.2 Å². The van der Waals surface area contributed by atoms with E-state index in [1.807, 2.05) is 6.07 Å². The van der Waals surface area contributed by atoms with Gasteiger partial charge in [0.15, 0.2) is 5.82 Å². The topological polar surface area (TPSA) is 107 Å². The van der Waals surface area contributed by atoms with Gasteiger partial charge in [-0.05, 0) is 41.8 Å². The van der Waals surface area contributed by atoms with Crippen molar-refractivity contribution in [3.63, 3.8) is 0 Å². The number of aromatic amines is 1. The molecule has 0 spiro atoms. The highest BCUT2D eigenvalue weighted by molar-refractivity contribution is 5.79. The van der Waals surface area contributed by atoms with Gasteiger partial charge in [-0.3, -0.25) is 4.79 Å². The lowest BCUT2D eigenvalue weighted by Gasteiger charge is -2.18. The summed E-state index contributed by atoms with van der Waals surface area (Å²) in [5.74, 6) is 0.0872. The summed E-state index contributed by atoms with van der Waals surface area (Å²) in [6.07, 6.45) is -3.81. The number of benzene rings is 2. The molecule has 1 amide bonds. The second-order valence-corrected chi connectivity index (χ2v) is 6.68. The Morgan fingerprint density at radius 3 is 2.53 bits per heavy atom. The molecular formula is C20H17F3N6O. The average molecular weight is 414 g/mol. The van der Waals surface area contributed by atoms with Crippen molar-refractivity contribution < 1.29 is 18.0 Å². The van der Waals surface area contributed by atoms with Crippen molar-refractivity contribution in [3.05, 3.63) is 76.6 Å². The van der Waals surface area contributed by atoms with Crippen molar-refractivity contribution in [2.24, 2.45) is 0 Å². The monoisotopic (exact) mass is 414 g/mol. The fourth-order valence-corrected chi connectivity index (χ4v) is 2.99. The van der Waals surface area contributed by atoms with E-state index >= 15 is 0 Å². The van der Waals surface area contributed by atoms with Gasteiger partial charge >= 0.3 is 6.18 Å². The summed E-state index contributed by atoms with van der Waals surface area (Å²) in [4.78, 5) is 12.5. The van der Waals surface area contributed by atoms with Crippen LogP contribution in [-0.4, -0.2) is 32.6 Å². The van der Waals surface area contributed by atoms with Crippen LogP contribution in [0.2, 0.25) is 0 Å². The largest absolute Gasteiger partial charge is 0.416 e. The molecule has 0 aliphatic carbocycles. The first-order chi connectivity index (χ1) is 14.3. The third kappa shape index (κ3) is 5.88. The zero-order chi connectivity index (χ0) is 21.6. The second kappa shape index (κ2) is 9.17. The number of carbonyl (C=O) groups excluding carboxylic acids is 1. The molecule has 3 rings (SSSR count). The highest BCUT2D eigenvalue weighted by atomic mass is 19.4. The number of amides is 1. The molecule has 1 heterocycles. The van der Waals surface area contributed by atoms with Gasteiger partial charge in [-0.2, -0.15) is 23.6 Å². The van der Waals surface area contributed by atoms with Gasteiger partial charge < -0.3 is 5.32 Å². The quantitative estimate of drug-likeness (QED) is 0.618. The van der Waals surface area contributed by atoms with E-state index in [0.29, 0.717) is 22.5 Å². The van der Waals surface area contributed by atoms with Gasteiger partial charge in [0.2, 0.25) is 5.91 Å². The molecule has 0 aliphatic heterocycles. The Bertz CT molecular complexity index is 1030. The third-order valence-corrected chi connectivity index (χ3v) is 4.37. The average Bonchev–Trinajstić information content (AvgIpc) is 3.20. The minimum atomic E-state index is -4.41. The Morgan fingerprint density at radius 2 is 1.90 bits per heavy atom. The van der Waals surface area contributed by atoms with E-state index < -0.39 is 17.8 Å². The van der Waals surface area contributed by atoms with Crippen LogP contribution in [0.15, 0.2) is 48.5 Å². The maximum absolute atomic E-state index is 12.8. The Labute approximate surface area is 169 Å². The lowest BCUT2D eigenvalue weighted by atomic mass is 10.0. The van der Waals surface area contributed by atoms with Gasteiger partial charge in [0.25, 0.3) is 0 Å². The number of H-pyrrole nitrogens is 1. The number of carbonyl (C=O) groups is 1. The minimum Gasteiger partial charge on any atom is -0.352 e. The first-order valence-corrected chi connectivity index (χ1v) is 9.00. The first-order valence-electron chi connectivity index (χ1n) is 9.00. The van der Waals surface area contributed by atoms with Crippen LogP contribution in [0.25, 0.3) is 0 Å². The second-order valence-electron chi connectivity index (χ2n) is 6.68. The molecule has 0 saturated carbocycles. The standard InChI is InChI=1S/C20H17F3N6O/c21-20(22,23)16-6-4-13(5-7-16)9-17(11-18-26-28-29-27-18)25-19(30)10-14-2-1-3-15(8-14)12-24/h1-8,17H,9-11H2,(H,25,30)(H,26,27,28,29)/t17-/m0/s1. The van der Waals surface area contributed by atoms with E-state index in [1.165, 1.54) is 12.1 Å². The minimum absolute atomic E-state index is 0.0608. The number of hydrogen-bond acceptors (Lipinski definition) is 5. The van der Waals surface area contributed by atoms with E-state index in [1.54, 1.807) is 24.3 Å². The highest BCUT2D eigenvalue weighted by Gasteiger charge is 2.30. The summed E-state index contributed by atoms with van der Waals surface area (Å²) < 4.78 is 38.3. The van der Waals surface area contributed by atoms with E-state index in [2.05, 4.69) is 25.9 Å². The molecule has 0 radical (unpaired) electrons. The van der Waals surface area contributed by atoms with Gasteiger partial charge in [0.05, 0.1) is 23.6 Å². The third-order valence-electron chi connectivity index (χ3n) is 4.37. The lowest BCUT2D eigenvalue weighted by Crippen LogP contribution is -2.39. The van der Waals surface area contributed by atoms with Crippen LogP contribution in [0.3, 0.4) is 0 Å². The summed E-state index contributed by atoms with van der Waals surface area (Å²) in [7, 11) is 0. The number of nitrogens with one attached hydrogen (secondary N) is 2. The normalized spacial score (nSPS) is 12.2. The van der Waals surface area contributed by atoms with Gasteiger partial charge in [0, 0.05) is 12.5 Å². The Morgan fingerprint density at radius 1 is 1.13 bits per heavy atom. The number of hydrogen-bond donors (Lipinski definition) is 2. The molecule has 10 heteroatoms. The number of alkyl halides is 3.